The van der Waals surface area contributed by atoms with Gasteiger partial charge in [0.1, 0.15) is 6.33 Å². The largest absolute Gasteiger partial charge is 0.360 e. The minimum absolute atomic E-state index is 0.244. The van der Waals surface area contributed by atoms with Crippen molar-refractivity contribution in [2.75, 3.05) is 5.43 Å². The lowest BCUT2D eigenvalue weighted by molar-refractivity contribution is -0.351. The number of amidine groups is 1. The molecule has 0 amide bonds. The van der Waals surface area contributed by atoms with Gasteiger partial charge in [-0.2, -0.15) is 10.1 Å². The lowest BCUT2D eigenvalue weighted by Crippen LogP contribution is -2.09. The minimum atomic E-state index is -0.608. The molecule has 0 spiro atoms. The molecule has 8 heteroatoms. The van der Waals surface area contributed by atoms with Crippen LogP contribution in [0.1, 0.15) is 6.92 Å². The van der Waals surface area contributed by atoms with Crippen molar-refractivity contribution in [3.8, 4) is 0 Å². The van der Waals surface area contributed by atoms with E-state index in [0.29, 0.717) is 0 Å². The summed E-state index contributed by atoms with van der Waals surface area (Å²) in [5.41, 5.74) is 2.32. The summed E-state index contributed by atoms with van der Waals surface area (Å²) < 4.78 is 0. The minimum Gasteiger partial charge on any atom is -0.358 e. The third-order valence-electron chi connectivity index (χ3n) is 1.00. The molecule has 0 aliphatic carbocycles. The average Bonchev–Trinajstić information content (AvgIpc) is 2.51. The number of H-pyrrole nitrogens is 1. The van der Waals surface area contributed by atoms with Crippen molar-refractivity contribution in [3.63, 3.8) is 0 Å². The van der Waals surface area contributed by atoms with Gasteiger partial charge in [0.2, 0.25) is 0 Å². The average molecular weight is 170 g/mol. The summed E-state index contributed by atoms with van der Waals surface area (Å²) in [6, 6.07) is 0. The molecule has 1 aromatic rings. The molecule has 0 aliphatic heterocycles. The van der Waals surface area contributed by atoms with E-state index in [9.17, 15) is 10.1 Å². The van der Waals surface area contributed by atoms with Gasteiger partial charge >= 0.3 is 5.84 Å². The first-order chi connectivity index (χ1) is 5.70. The normalized spacial score (nSPS) is 11.2. The van der Waals surface area contributed by atoms with Crippen LogP contribution in [0.4, 0.5) is 5.95 Å². The number of nitro groups is 1. The Balaban J connectivity index is 2.55. The molecule has 0 bridgehead atoms. The summed E-state index contributed by atoms with van der Waals surface area (Å²) in [4.78, 5) is 13.1. The zero-order chi connectivity index (χ0) is 8.97. The van der Waals surface area contributed by atoms with Crippen LogP contribution in [0.3, 0.4) is 0 Å². The quantitative estimate of drug-likeness (QED) is 0.277. The van der Waals surface area contributed by atoms with Crippen LogP contribution in [0.15, 0.2) is 11.4 Å². The number of aromatic nitrogens is 3. The lowest BCUT2D eigenvalue weighted by atomic mass is 10.7. The zero-order valence-corrected chi connectivity index (χ0v) is 6.18. The predicted molar refractivity (Wildman–Crippen MR) is 40.1 cm³/mol. The number of hydrogen-bond acceptors (Lipinski definition) is 6. The molecule has 0 aromatic carbocycles. The van der Waals surface area contributed by atoms with Crippen LogP contribution in [0.25, 0.3) is 0 Å². The molecular formula is C4H6N6O2. The maximum Gasteiger partial charge on any atom is 0.360 e. The second-order valence-corrected chi connectivity index (χ2v) is 1.86. The van der Waals surface area contributed by atoms with Crippen LogP contribution in [0.2, 0.25) is 0 Å². The van der Waals surface area contributed by atoms with Crippen LogP contribution < -0.4 is 5.43 Å². The first-order valence-corrected chi connectivity index (χ1v) is 3.00. The first kappa shape index (κ1) is 8.11. The smallest absolute Gasteiger partial charge is 0.358 e. The first-order valence-electron chi connectivity index (χ1n) is 3.00. The maximum atomic E-state index is 10.0. The van der Waals surface area contributed by atoms with Gasteiger partial charge in [0, 0.05) is 6.92 Å². The van der Waals surface area contributed by atoms with Gasteiger partial charge in [-0.1, -0.05) is 0 Å². The van der Waals surface area contributed by atoms with Crippen LogP contribution in [-0.2, 0) is 0 Å². The fourth-order valence-corrected chi connectivity index (χ4v) is 0.434. The van der Waals surface area contributed by atoms with Crippen molar-refractivity contribution in [2.24, 2.45) is 5.10 Å². The molecule has 0 radical (unpaired) electrons. The molecule has 8 nitrogen and oxygen atoms in total. The highest BCUT2D eigenvalue weighted by molar-refractivity contribution is 5.71. The van der Waals surface area contributed by atoms with E-state index in [1.165, 1.54) is 13.3 Å². The monoisotopic (exact) mass is 170 g/mol. The van der Waals surface area contributed by atoms with Crippen LogP contribution >= 0.6 is 0 Å². The summed E-state index contributed by atoms with van der Waals surface area (Å²) >= 11 is 0. The Labute approximate surface area is 66.8 Å². The van der Waals surface area contributed by atoms with Crippen LogP contribution in [0, 0.1) is 10.1 Å². The number of nitrogens with zero attached hydrogens (tertiary/aromatic N) is 4. The standard InChI is InChI=1S/C4H6N6O2/c1-3(10(11)12)7-9-4-5-2-6-8-4/h2H,1H3,(H2,5,6,8,9)/b7-3+. The van der Waals surface area contributed by atoms with Gasteiger partial charge in [0.05, 0.1) is 5.10 Å². The molecule has 0 unspecified atom stereocenters. The van der Waals surface area contributed by atoms with Gasteiger partial charge in [-0.05, 0) is 4.92 Å². The molecule has 12 heavy (non-hydrogen) atoms. The Bertz CT molecular complexity index is 291. The Kier molecular flexibility index (Phi) is 2.31. The van der Waals surface area contributed by atoms with E-state index in [0.717, 1.165) is 0 Å². The Hall–Kier alpha value is -1.99. The third-order valence-corrected chi connectivity index (χ3v) is 1.00. The zero-order valence-electron chi connectivity index (χ0n) is 6.18. The molecule has 0 saturated heterocycles. The van der Waals surface area contributed by atoms with Gasteiger partial charge < -0.3 is 10.1 Å². The van der Waals surface area contributed by atoms with Gasteiger partial charge in [-0.3, -0.25) is 0 Å². The number of hydrazone groups is 1. The molecule has 0 aliphatic rings. The molecule has 64 valence electrons. The molecule has 2 N–H and O–H groups in total. The van der Waals surface area contributed by atoms with Crippen molar-refractivity contribution in [1.29, 1.82) is 0 Å². The lowest BCUT2D eigenvalue weighted by Gasteiger charge is -1.89. The van der Waals surface area contributed by atoms with E-state index in [1.807, 2.05) is 0 Å². The Morgan fingerprint density at radius 2 is 2.67 bits per heavy atom. The fourth-order valence-electron chi connectivity index (χ4n) is 0.434. The molecule has 1 aromatic heterocycles. The van der Waals surface area contributed by atoms with E-state index in [-0.39, 0.29) is 11.8 Å². The summed E-state index contributed by atoms with van der Waals surface area (Å²) in [7, 11) is 0. The van der Waals surface area contributed by atoms with Gasteiger partial charge in [0.25, 0.3) is 5.95 Å². The number of anilines is 1. The van der Waals surface area contributed by atoms with Crippen molar-refractivity contribution in [1.82, 2.24) is 15.2 Å². The Morgan fingerprint density at radius 1 is 1.92 bits per heavy atom. The summed E-state index contributed by atoms with van der Waals surface area (Å²) in [5.74, 6) is 0.0163. The van der Waals surface area contributed by atoms with Crippen LogP contribution in [-0.4, -0.2) is 25.9 Å². The van der Waals surface area contributed by atoms with Gasteiger partial charge in [0.15, 0.2) is 0 Å². The highest BCUT2D eigenvalue weighted by Gasteiger charge is 2.03. The molecule has 0 saturated carbocycles. The van der Waals surface area contributed by atoms with E-state index in [2.05, 4.69) is 25.7 Å². The Morgan fingerprint density at radius 3 is 3.17 bits per heavy atom. The highest BCUT2D eigenvalue weighted by Crippen LogP contribution is 1.91. The summed E-state index contributed by atoms with van der Waals surface area (Å²) in [6.45, 7) is 1.27. The fraction of sp³-hybridized carbons (Fsp3) is 0.250. The second kappa shape index (κ2) is 3.42. The SMILES string of the molecule is C/C(=N\Nc1ncn[nH]1)[N+](=O)[O-]. The summed E-state index contributed by atoms with van der Waals surface area (Å²) in [5, 5.41) is 19.4. The van der Waals surface area contributed by atoms with E-state index in [1.54, 1.807) is 0 Å². The maximum absolute atomic E-state index is 10.0. The van der Waals surface area contributed by atoms with Crippen LogP contribution in [0.5, 0.6) is 0 Å². The molecule has 1 heterocycles. The van der Waals surface area contributed by atoms with E-state index < -0.39 is 4.92 Å². The van der Waals surface area contributed by atoms with Crippen molar-refractivity contribution >= 4 is 11.8 Å². The number of nitrogens with one attached hydrogen (secondary N) is 2. The molecule has 0 atom stereocenters. The van der Waals surface area contributed by atoms with Gasteiger partial charge in [-0.15, -0.1) is 5.43 Å². The highest BCUT2D eigenvalue weighted by atomic mass is 16.6. The topological polar surface area (TPSA) is 109 Å². The number of aromatic amines is 1. The number of rotatable bonds is 2. The van der Waals surface area contributed by atoms with Gasteiger partial charge in [-0.25, -0.2) is 5.10 Å². The van der Waals surface area contributed by atoms with Crippen molar-refractivity contribution in [3.05, 3.63) is 16.4 Å². The third kappa shape index (κ3) is 2.01. The molecular weight excluding hydrogens is 164 g/mol. The number of hydrogen-bond donors (Lipinski definition) is 2. The van der Waals surface area contributed by atoms with E-state index in [4.69, 9.17) is 0 Å². The second-order valence-electron chi connectivity index (χ2n) is 1.86. The predicted octanol–water partition coefficient (Wildman–Crippen LogP) is -0.173. The molecule has 1 rings (SSSR count). The van der Waals surface area contributed by atoms with Crippen molar-refractivity contribution in [2.45, 2.75) is 6.92 Å². The van der Waals surface area contributed by atoms with Crippen molar-refractivity contribution < 1.29 is 4.92 Å². The molecule has 0 fully saturated rings. The van der Waals surface area contributed by atoms with E-state index >= 15 is 0 Å². The summed E-state index contributed by atoms with van der Waals surface area (Å²) in [6.07, 6.45) is 1.26.